The Kier molecular flexibility index (Phi) is 6.03. The van der Waals surface area contributed by atoms with Gasteiger partial charge in [0.15, 0.2) is 0 Å². The van der Waals surface area contributed by atoms with Crippen LogP contribution in [-0.4, -0.2) is 47.9 Å². The van der Waals surface area contributed by atoms with Crippen LogP contribution in [0.2, 0.25) is 0 Å². The largest absolute Gasteiger partial charge is 0.490 e. The lowest BCUT2D eigenvalue weighted by atomic mass is 9.78. The van der Waals surface area contributed by atoms with Crippen LogP contribution in [0.4, 0.5) is 0 Å². The summed E-state index contributed by atoms with van der Waals surface area (Å²) in [5.74, 6) is 0.639. The molecule has 0 atom stereocenters. The molecule has 1 heterocycles. The van der Waals surface area contributed by atoms with Gasteiger partial charge in [0.05, 0.1) is 17.6 Å². The lowest BCUT2D eigenvalue weighted by Crippen LogP contribution is -2.49. The van der Waals surface area contributed by atoms with E-state index in [1.54, 1.807) is 7.11 Å². The lowest BCUT2D eigenvalue weighted by Gasteiger charge is -2.38. The summed E-state index contributed by atoms with van der Waals surface area (Å²) in [5.41, 5.74) is 1.16. The first kappa shape index (κ1) is 21.1. The van der Waals surface area contributed by atoms with Crippen LogP contribution in [0.3, 0.4) is 0 Å². The van der Waals surface area contributed by atoms with Gasteiger partial charge in [-0.2, -0.15) is 0 Å². The second kappa shape index (κ2) is 8.56. The van der Waals surface area contributed by atoms with Crippen molar-refractivity contribution in [2.45, 2.75) is 57.8 Å². The van der Waals surface area contributed by atoms with E-state index in [4.69, 9.17) is 14.6 Å². The smallest absolute Gasteiger partial charge is 0.309 e. The van der Waals surface area contributed by atoms with E-state index in [0.717, 1.165) is 38.0 Å². The fourth-order valence-electron chi connectivity index (χ4n) is 4.79. The molecule has 0 aromatic heterocycles. The first-order chi connectivity index (χ1) is 14.3. The fourth-order valence-corrected chi connectivity index (χ4v) is 4.79. The SMILES string of the molecule is COC(C)(C)[C@H]1CC[C@H](Oc2ccc3cc(CN4CC(C(=O)O)C4)ccc3c2)CC1. The Morgan fingerprint density at radius 3 is 2.40 bits per heavy atom. The van der Waals surface area contributed by atoms with Gasteiger partial charge in [0.25, 0.3) is 0 Å². The molecule has 0 unspecified atom stereocenters. The van der Waals surface area contributed by atoms with Crippen molar-refractivity contribution < 1.29 is 19.4 Å². The Labute approximate surface area is 179 Å². The van der Waals surface area contributed by atoms with Gasteiger partial charge in [0, 0.05) is 26.7 Å². The third-order valence-electron chi connectivity index (χ3n) is 7.07. The number of likely N-dealkylation sites (tertiary alicyclic amines) is 1. The highest BCUT2D eigenvalue weighted by Gasteiger charge is 2.34. The molecule has 162 valence electrons. The van der Waals surface area contributed by atoms with Crippen molar-refractivity contribution in [1.82, 2.24) is 4.90 Å². The van der Waals surface area contributed by atoms with Gasteiger partial charge in [-0.05, 0) is 80.0 Å². The number of hydrogen-bond donors (Lipinski definition) is 1. The zero-order valence-electron chi connectivity index (χ0n) is 18.3. The predicted octanol–water partition coefficient (Wildman–Crippen LogP) is 4.72. The number of hydrogen-bond acceptors (Lipinski definition) is 4. The quantitative estimate of drug-likeness (QED) is 0.714. The molecule has 2 aromatic rings. The summed E-state index contributed by atoms with van der Waals surface area (Å²) in [7, 11) is 1.80. The van der Waals surface area contributed by atoms with E-state index in [0.29, 0.717) is 19.0 Å². The lowest BCUT2D eigenvalue weighted by molar-refractivity contribution is -0.147. The zero-order valence-corrected chi connectivity index (χ0v) is 18.3. The van der Waals surface area contributed by atoms with Crippen molar-refractivity contribution >= 4 is 16.7 Å². The number of carbonyl (C=O) groups is 1. The standard InChI is InChI=1S/C25H33NO4/c1-25(2,29-3)21-7-10-22(11-8-21)30-23-9-6-18-12-17(4-5-19(18)13-23)14-26-15-20(16-26)24(27)28/h4-6,9,12-13,20-22H,7-8,10-11,14-16H2,1-3H3,(H,27,28)/t21-,22-. The van der Waals surface area contributed by atoms with Crippen molar-refractivity contribution in [3.8, 4) is 5.75 Å². The summed E-state index contributed by atoms with van der Waals surface area (Å²) in [6.45, 7) is 6.46. The van der Waals surface area contributed by atoms with Crippen LogP contribution in [0.15, 0.2) is 36.4 Å². The molecule has 2 fully saturated rings. The highest BCUT2D eigenvalue weighted by atomic mass is 16.5. The van der Waals surface area contributed by atoms with E-state index in [-0.39, 0.29) is 17.6 Å². The van der Waals surface area contributed by atoms with Gasteiger partial charge >= 0.3 is 5.97 Å². The van der Waals surface area contributed by atoms with Crippen molar-refractivity contribution in [2.75, 3.05) is 20.2 Å². The summed E-state index contributed by atoms with van der Waals surface area (Å²) in [6.07, 6.45) is 4.70. The minimum absolute atomic E-state index is 0.0593. The summed E-state index contributed by atoms with van der Waals surface area (Å²) >= 11 is 0. The minimum Gasteiger partial charge on any atom is -0.490 e. The van der Waals surface area contributed by atoms with E-state index in [2.05, 4.69) is 55.1 Å². The number of fused-ring (bicyclic) bond motifs is 1. The summed E-state index contributed by atoms with van der Waals surface area (Å²) in [5, 5.41) is 11.4. The third kappa shape index (κ3) is 4.62. The van der Waals surface area contributed by atoms with Crippen LogP contribution in [-0.2, 0) is 16.1 Å². The maximum atomic E-state index is 11.0. The number of ether oxygens (including phenoxy) is 2. The third-order valence-corrected chi connectivity index (χ3v) is 7.07. The van der Waals surface area contributed by atoms with E-state index >= 15 is 0 Å². The van der Waals surface area contributed by atoms with Crippen LogP contribution in [0.25, 0.3) is 10.8 Å². The van der Waals surface area contributed by atoms with Gasteiger partial charge in [0.1, 0.15) is 5.75 Å². The summed E-state index contributed by atoms with van der Waals surface area (Å²) in [4.78, 5) is 13.1. The molecule has 1 N–H and O–H groups in total. The summed E-state index contributed by atoms with van der Waals surface area (Å²) < 4.78 is 12.0. The molecule has 0 amide bonds. The normalized spacial score (nSPS) is 23.3. The first-order valence-electron chi connectivity index (χ1n) is 11.0. The molecule has 0 radical (unpaired) electrons. The monoisotopic (exact) mass is 411 g/mol. The Bertz CT molecular complexity index is 895. The molecule has 2 aromatic carbocycles. The highest BCUT2D eigenvalue weighted by molar-refractivity contribution is 5.84. The molecule has 1 saturated carbocycles. The molecule has 0 spiro atoms. The van der Waals surface area contributed by atoms with Crippen LogP contribution in [0.1, 0.15) is 45.1 Å². The van der Waals surface area contributed by atoms with Crippen molar-refractivity contribution in [1.29, 1.82) is 0 Å². The molecule has 1 saturated heterocycles. The van der Waals surface area contributed by atoms with Gasteiger partial charge in [-0.3, -0.25) is 9.69 Å². The van der Waals surface area contributed by atoms with Gasteiger partial charge in [-0.15, -0.1) is 0 Å². The molecular formula is C25H33NO4. The predicted molar refractivity (Wildman–Crippen MR) is 118 cm³/mol. The number of aliphatic carboxylic acids is 1. The van der Waals surface area contributed by atoms with Crippen LogP contribution >= 0.6 is 0 Å². The molecule has 30 heavy (non-hydrogen) atoms. The molecular weight excluding hydrogens is 378 g/mol. The number of nitrogens with zero attached hydrogens (tertiary/aromatic N) is 1. The second-order valence-corrected chi connectivity index (χ2v) is 9.47. The van der Waals surface area contributed by atoms with Crippen LogP contribution in [0, 0.1) is 11.8 Å². The number of methoxy groups -OCH3 is 1. The zero-order chi connectivity index (χ0) is 21.3. The Morgan fingerprint density at radius 1 is 1.07 bits per heavy atom. The first-order valence-corrected chi connectivity index (χ1v) is 11.0. The van der Waals surface area contributed by atoms with Crippen LogP contribution < -0.4 is 4.74 Å². The van der Waals surface area contributed by atoms with Gasteiger partial charge in [0.2, 0.25) is 0 Å². The van der Waals surface area contributed by atoms with Gasteiger partial charge < -0.3 is 14.6 Å². The average Bonchev–Trinajstić information content (AvgIpc) is 2.70. The number of benzene rings is 2. The van der Waals surface area contributed by atoms with E-state index < -0.39 is 5.97 Å². The Balaban J connectivity index is 1.34. The number of rotatable bonds is 7. The summed E-state index contributed by atoms with van der Waals surface area (Å²) in [6, 6.07) is 12.8. The topological polar surface area (TPSA) is 59.0 Å². The maximum Gasteiger partial charge on any atom is 0.309 e. The molecule has 5 heteroatoms. The van der Waals surface area contributed by atoms with Gasteiger partial charge in [-0.25, -0.2) is 0 Å². The van der Waals surface area contributed by atoms with E-state index in [9.17, 15) is 4.79 Å². The fraction of sp³-hybridized carbons (Fsp3) is 0.560. The van der Waals surface area contributed by atoms with Crippen molar-refractivity contribution in [2.24, 2.45) is 11.8 Å². The molecule has 1 aliphatic carbocycles. The highest BCUT2D eigenvalue weighted by Crippen LogP contribution is 2.36. The molecule has 4 rings (SSSR count). The molecule has 0 bridgehead atoms. The van der Waals surface area contributed by atoms with Crippen LogP contribution in [0.5, 0.6) is 5.75 Å². The van der Waals surface area contributed by atoms with Crippen molar-refractivity contribution in [3.63, 3.8) is 0 Å². The molecule has 1 aliphatic heterocycles. The van der Waals surface area contributed by atoms with Gasteiger partial charge in [-0.1, -0.05) is 18.2 Å². The van der Waals surface area contributed by atoms with Crippen molar-refractivity contribution in [3.05, 3.63) is 42.0 Å². The Hall–Kier alpha value is -2.11. The molecule has 5 nitrogen and oxygen atoms in total. The number of carboxylic acid groups (broad SMARTS) is 1. The average molecular weight is 412 g/mol. The van der Waals surface area contributed by atoms with E-state index in [1.807, 2.05) is 0 Å². The minimum atomic E-state index is -0.687. The molecule has 2 aliphatic rings. The van der Waals surface area contributed by atoms with E-state index in [1.165, 1.54) is 16.3 Å². The second-order valence-electron chi connectivity index (χ2n) is 9.47. The number of carboxylic acids is 1. The maximum absolute atomic E-state index is 11.0. The Morgan fingerprint density at radius 2 is 1.73 bits per heavy atom.